The van der Waals surface area contributed by atoms with Gasteiger partial charge in [0.25, 0.3) is 0 Å². The third-order valence-corrected chi connectivity index (χ3v) is 2.56. The summed E-state index contributed by atoms with van der Waals surface area (Å²) in [7, 11) is 0. The average Bonchev–Trinajstić information content (AvgIpc) is 2.33. The summed E-state index contributed by atoms with van der Waals surface area (Å²) in [6, 6.07) is 2.34. The van der Waals surface area contributed by atoms with Gasteiger partial charge in [0.15, 0.2) is 0 Å². The van der Waals surface area contributed by atoms with Crippen LogP contribution in [0.4, 0.5) is 0 Å². The van der Waals surface area contributed by atoms with Crippen LogP contribution in [0.1, 0.15) is 27.7 Å². The second kappa shape index (κ2) is 2.37. The normalized spacial score (nSPS) is 32.3. The lowest BCUT2D eigenvalue weighted by Gasteiger charge is -1.95. The van der Waals surface area contributed by atoms with Crippen LogP contribution in [0.5, 0.6) is 0 Å². The molecule has 0 heterocycles. The minimum atomic E-state index is 0.228. The van der Waals surface area contributed by atoms with E-state index in [1.165, 1.54) is 5.57 Å². The predicted octanol–water partition coefficient (Wildman–Crippen LogP) is 2.75. The summed E-state index contributed by atoms with van der Waals surface area (Å²) in [5.41, 5.74) is 1.55. The zero-order valence-corrected chi connectivity index (χ0v) is 7.68. The molecule has 1 aliphatic rings. The number of nitriles is 1. The fourth-order valence-electron chi connectivity index (χ4n) is 1.59. The summed E-state index contributed by atoms with van der Waals surface area (Å²) >= 11 is 0. The van der Waals surface area contributed by atoms with Gasteiger partial charge in [-0.1, -0.05) is 25.5 Å². The number of nitrogens with zero attached hydrogens (tertiary/aromatic N) is 1. The lowest BCUT2D eigenvalue weighted by molar-refractivity contribution is 0.588. The van der Waals surface area contributed by atoms with Gasteiger partial charge in [0.2, 0.25) is 0 Å². The van der Waals surface area contributed by atoms with Gasteiger partial charge in [-0.3, -0.25) is 0 Å². The second-order valence-electron chi connectivity index (χ2n) is 4.20. The van der Waals surface area contributed by atoms with E-state index in [0.29, 0.717) is 5.92 Å². The Morgan fingerprint density at radius 1 is 1.45 bits per heavy atom. The van der Waals surface area contributed by atoms with Gasteiger partial charge in [-0.25, -0.2) is 0 Å². The molecule has 60 valence electrons. The van der Waals surface area contributed by atoms with Gasteiger partial charge in [0.05, 0.1) is 12.0 Å². The Hall–Kier alpha value is -0.770. The molecule has 1 rings (SSSR count). The van der Waals surface area contributed by atoms with Crippen molar-refractivity contribution in [2.75, 3.05) is 0 Å². The molecule has 0 aromatic heterocycles. The van der Waals surface area contributed by atoms with Crippen molar-refractivity contribution >= 4 is 0 Å². The number of allylic oxidation sites excluding steroid dienone is 2. The van der Waals surface area contributed by atoms with Gasteiger partial charge in [0.1, 0.15) is 0 Å². The summed E-state index contributed by atoms with van der Waals surface area (Å²) in [5.74, 6) is 0.745. The molecule has 0 N–H and O–H groups in total. The number of hydrogen-bond donors (Lipinski definition) is 0. The fourth-order valence-corrected chi connectivity index (χ4v) is 1.59. The van der Waals surface area contributed by atoms with Crippen LogP contribution in [0.2, 0.25) is 0 Å². The SMILES string of the molecule is CC(C)=C[C@@H]1[C@H](C#N)C1(C)C. The lowest BCUT2D eigenvalue weighted by Crippen LogP contribution is -1.88. The molecule has 0 amide bonds. The first-order valence-corrected chi connectivity index (χ1v) is 4.04. The highest BCUT2D eigenvalue weighted by Gasteiger charge is 2.56. The molecule has 1 nitrogen and oxygen atoms in total. The summed E-state index contributed by atoms with van der Waals surface area (Å²) in [6.45, 7) is 8.49. The molecule has 0 bridgehead atoms. The fraction of sp³-hybridized carbons (Fsp3) is 0.700. The number of rotatable bonds is 1. The van der Waals surface area contributed by atoms with Crippen molar-refractivity contribution in [2.24, 2.45) is 17.3 Å². The Balaban J connectivity index is 2.69. The van der Waals surface area contributed by atoms with Gasteiger partial charge in [-0.05, 0) is 25.2 Å². The first-order chi connectivity index (χ1) is 5.00. The lowest BCUT2D eigenvalue weighted by atomic mass is 10.1. The van der Waals surface area contributed by atoms with Crippen LogP contribution < -0.4 is 0 Å². The zero-order valence-electron chi connectivity index (χ0n) is 7.68. The summed E-state index contributed by atoms with van der Waals surface area (Å²) < 4.78 is 0. The predicted molar refractivity (Wildman–Crippen MR) is 45.8 cm³/mol. The molecule has 0 spiro atoms. The highest BCUT2D eigenvalue weighted by atomic mass is 14.6. The third-order valence-electron chi connectivity index (χ3n) is 2.56. The maximum Gasteiger partial charge on any atom is 0.0668 e. The Labute approximate surface area is 68.7 Å². The van der Waals surface area contributed by atoms with Crippen LogP contribution in [-0.2, 0) is 0 Å². The molecular formula is C10H15N. The van der Waals surface area contributed by atoms with Gasteiger partial charge in [0, 0.05) is 0 Å². The topological polar surface area (TPSA) is 23.8 Å². The minimum Gasteiger partial charge on any atom is -0.198 e. The average molecular weight is 149 g/mol. The van der Waals surface area contributed by atoms with E-state index in [9.17, 15) is 0 Å². The summed E-state index contributed by atoms with van der Waals surface area (Å²) in [4.78, 5) is 0. The molecule has 0 aliphatic heterocycles. The first-order valence-electron chi connectivity index (χ1n) is 4.04. The van der Waals surface area contributed by atoms with Crippen molar-refractivity contribution in [3.8, 4) is 6.07 Å². The Morgan fingerprint density at radius 2 is 2.00 bits per heavy atom. The minimum absolute atomic E-state index is 0.228. The molecule has 11 heavy (non-hydrogen) atoms. The summed E-state index contributed by atoms with van der Waals surface area (Å²) in [5, 5.41) is 8.75. The van der Waals surface area contributed by atoms with Crippen LogP contribution in [-0.4, -0.2) is 0 Å². The Bertz CT molecular complexity index is 226. The molecule has 1 saturated carbocycles. The van der Waals surface area contributed by atoms with Crippen LogP contribution in [0.25, 0.3) is 0 Å². The number of hydrogen-bond acceptors (Lipinski definition) is 1. The zero-order chi connectivity index (χ0) is 8.65. The third kappa shape index (κ3) is 1.30. The Kier molecular flexibility index (Phi) is 1.80. The van der Waals surface area contributed by atoms with E-state index in [1.54, 1.807) is 0 Å². The first kappa shape index (κ1) is 8.33. The smallest absolute Gasteiger partial charge is 0.0668 e. The van der Waals surface area contributed by atoms with Gasteiger partial charge >= 0.3 is 0 Å². The van der Waals surface area contributed by atoms with E-state index in [0.717, 1.165) is 0 Å². The van der Waals surface area contributed by atoms with E-state index in [1.807, 2.05) is 0 Å². The van der Waals surface area contributed by atoms with Crippen molar-refractivity contribution in [3.63, 3.8) is 0 Å². The molecule has 0 saturated heterocycles. The van der Waals surface area contributed by atoms with Crippen LogP contribution >= 0.6 is 0 Å². The summed E-state index contributed by atoms with van der Waals surface area (Å²) in [6.07, 6.45) is 2.22. The van der Waals surface area contributed by atoms with Crippen molar-refractivity contribution in [2.45, 2.75) is 27.7 Å². The van der Waals surface area contributed by atoms with Crippen molar-refractivity contribution in [3.05, 3.63) is 11.6 Å². The molecule has 1 aliphatic carbocycles. The van der Waals surface area contributed by atoms with E-state index in [2.05, 4.69) is 39.8 Å². The van der Waals surface area contributed by atoms with E-state index < -0.39 is 0 Å². The molecule has 0 aromatic carbocycles. The molecule has 0 aromatic rings. The molecule has 1 heteroatoms. The van der Waals surface area contributed by atoms with Crippen LogP contribution in [0, 0.1) is 28.6 Å². The largest absolute Gasteiger partial charge is 0.198 e. The van der Waals surface area contributed by atoms with Crippen molar-refractivity contribution in [1.82, 2.24) is 0 Å². The highest BCUT2D eigenvalue weighted by Crippen LogP contribution is 2.58. The van der Waals surface area contributed by atoms with Crippen LogP contribution in [0.15, 0.2) is 11.6 Å². The maximum atomic E-state index is 8.75. The Morgan fingerprint density at radius 3 is 2.27 bits per heavy atom. The standard InChI is InChI=1S/C10H15N/c1-7(2)5-8-9(6-11)10(8,3)4/h5,8-9H,1-4H3/t8-,9+/m1/s1. The second-order valence-corrected chi connectivity index (χ2v) is 4.20. The molecule has 0 unspecified atom stereocenters. The van der Waals surface area contributed by atoms with Gasteiger partial charge in [-0.15, -0.1) is 0 Å². The van der Waals surface area contributed by atoms with Gasteiger partial charge in [-0.2, -0.15) is 5.26 Å². The molecule has 0 radical (unpaired) electrons. The van der Waals surface area contributed by atoms with Crippen molar-refractivity contribution in [1.29, 1.82) is 5.26 Å². The molecule has 2 atom stereocenters. The van der Waals surface area contributed by atoms with Gasteiger partial charge < -0.3 is 0 Å². The maximum absolute atomic E-state index is 8.75. The van der Waals surface area contributed by atoms with Crippen molar-refractivity contribution < 1.29 is 0 Å². The quantitative estimate of drug-likeness (QED) is 0.526. The highest BCUT2D eigenvalue weighted by molar-refractivity contribution is 5.23. The van der Waals surface area contributed by atoms with E-state index in [-0.39, 0.29) is 11.3 Å². The van der Waals surface area contributed by atoms with Crippen LogP contribution in [0.3, 0.4) is 0 Å². The molecular weight excluding hydrogens is 134 g/mol. The van der Waals surface area contributed by atoms with E-state index in [4.69, 9.17) is 5.26 Å². The monoisotopic (exact) mass is 149 g/mol. The van der Waals surface area contributed by atoms with E-state index >= 15 is 0 Å². The molecule has 1 fully saturated rings.